The summed E-state index contributed by atoms with van der Waals surface area (Å²) in [6.45, 7) is 10.8. The molecule has 0 atom stereocenters. The second kappa shape index (κ2) is 6.11. The van der Waals surface area contributed by atoms with Gasteiger partial charge in [-0.1, -0.05) is 0 Å². The van der Waals surface area contributed by atoms with Gasteiger partial charge in [0.2, 0.25) is 5.91 Å². The van der Waals surface area contributed by atoms with Crippen molar-refractivity contribution in [3.8, 4) is 5.82 Å². The van der Waals surface area contributed by atoms with Gasteiger partial charge < -0.3 is 9.88 Å². The van der Waals surface area contributed by atoms with Crippen molar-refractivity contribution >= 4 is 16.9 Å². The maximum absolute atomic E-state index is 12.0. The second-order valence-corrected chi connectivity index (χ2v) is 6.17. The highest BCUT2D eigenvalue weighted by molar-refractivity contribution is 5.88. The quantitative estimate of drug-likeness (QED) is 0.802. The minimum absolute atomic E-state index is 0.0599. The summed E-state index contributed by atoms with van der Waals surface area (Å²) in [7, 11) is 0. The Morgan fingerprint density at radius 2 is 1.83 bits per heavy atom. The minimum Gasteiger partial charge on any atom is -0.355 e. The fourth-order valence-electron chi connectivity index (χ4n) is 3.15. The summed E-state index contributed by atoms with van der Waals surface area (Å²) in [5.74, 6) is 0.773. The molecule has 0 radical (unpaired) electrons. The third kappa shape index (κ3) is 2.68. The monoisotopic (exact) mass is 325 g/mol. The molecule has 24 heavy (non-hydrogen) atoms. The van der Waals surface area contributed by atoms with E-state index in [1.165, 1.54) is 0 Å². The van der Waals surface area contributed by atoms with Gasteiger partial charge in [-0.2, -0.15) is 5.10 Å². The topological polar surface area (TPSA) is 64.7 Å². The molecule has 0 aromatic carbocycles. The predicted molar refractivity (Wildman–Crippen MR) is 94.5 cm³/mol. The lowest BCUT2D eigenvalue weighted by Gasteiger charge is -2.07. The molecule has 3 aromatic rings. The van der Waals surface area contributed by atoms with E-state index in [1.807, 2.05) is 13.8 Å². The largest absolute Gasteiger partial charge is 0.355 e. The molecule has 3 rings (SSSR count). The summed E-state index contributed by atoms with van der Waals surface area (Å²) in [5, 5.41) is 8.55. The fraction of sp³-hybridized carbons (Fsp3) is 0.389. The van der Waals surface area contributed by atoms with E-state index < -0.39 is 0 Å². The number of carbonyl (C=O) groups is 1. The molecule has 0 aliphatic heterocycles. The van der Waals surface area contributed by atoms with E-state index in [1.54, 1.807) is 4.68 Å². The van der Waals surface area contributed by atoms with Gasteiger partial charge in [0, 0.05) is 23.6 Å². The van der Waals surface area contributed by atoms with Gasteiger partial charge in [-0.3, -0.25) is 4.79 Å². The van der Waals surface area contributed by atoms with Crippen LogP contribution in [0, 0.1) is 27.7 Å². The highest BCUT2D eigenvalue weighted by Gasteiger charge is 2.19. The fourth-order valence-corrected chi connectivity index (χ4v) is 3.15. The summed E-state index contributed by atoms with van der Waals surface area (Å²) in [6.07, 6.45) is 0. The van der Waals surface area contributed by atoms with E-state index in [0.29, 0.717) is 6.54 Å². The van der Waals surface area contributed by atoms with Crippen molar-refractivity contribution in [1.82, 2.24) is 24.6 Å². The first-order chi connectivity index (χ1) is 11.4. The third-order valence-corrected chi connectivity index (χ3v) is 4.16. The normalized spacial score (nSPS) is 11.2. The molecule has 0 saturated heterocycles. The molecule has 0 aliphatic rings. The first-order valence-electron chi connectivity index (χ1n) is 8.19. The van der Waals surface area contributed by atoms with Crippen LogP contribution < -0.4 is 5.32 Å². The van der Waals surface area contributed by atoms with Gasteiger partial charge in [0.1, 0.15) is 6.54 Å². The molecule has 0 fully saturated rings. The van der Waals surface area contributed by atoms with Crippen LogP contribution >= 0.6 is 0 Å². The average Bonchev–Trinajstić information content (AvgIpc) is 3.00. The molecule has 0 spiro atoms. The van der Waals surface area contributed by atoms with Gasteiger partial charge >= 0.3 is 0 Å². The van der Waals surface area contributed by atoms with E-state index in [9.17, 15) is 4.79 Å². The van der Waals surface area contributed by atoms with Crippen LogP contribution in [0.15, 0.2) is 18.2 Å². The Hall–Kier alpha value is -2.63. The van der Waals surface area contributed by atoms with Crippen molar-refractivity contribution in [2.45, 2.75) is 41.2 Å². The zero-order valence-corrected chi connectivity index (χ0v) is 14.8. The van der Waals surface area contributed by atoms with Crippen LogP contribution in [0.5, 0.6) is 0 Å². The highest BCUT2D eigenvalue weighted by Crippen LogP contribution is 2.27. The van der Waals surface area contributed by atoms with Crippen LogP contribution in [0.1, 0.15) is 29.6 Å². The molecule has 3 aromatic heterocycles. The second-order valence-electron chi connectivity index (χ2n) is 6.17. The predicted octanol–water partition coefficient (Wildman–Crippen LogP) is 2.59. The minimum atomic E-state index is -0.0599. The molecule has 0 unspecified atom stereocenters. The summed E-state index contributed by atoms with van der Waals surface area (Å²) in [4.78, 5) is 16.7. The summed E-state index contributed by atoms with van der Waals surface area (Å²) in [5.41, 5.74) is 5.00. The van der Waals surface area contributed by atoms with E-state index in [-0.39, 0.29) is 12.5 Å². The molecule has 1 amide bonds. The van der Waals surface area contributed by atoms with Crippen LogP contribution in [0.4, 0.5) is 0 Å². The molecule has 0 aliphatic carbocycles. The maximum Gasteiger partial charge on any atom is 0.241 e. The number of nitrogens with one attached hydrogen (secondary N) is 1. The number of nitrogens with zero attached hydrogens (tertiary/aromatic N) is 4. The molecule has 126 valence electrons. The van der Waals surface area contributed by atoms with Crippen LogP contribution in [-0.4, -0.2) is 31.8 Å². The van der Waals surface area contributed by atoms with Crippen molar-refractivity contribution in [1.29, 1.82) is 0 Å². The Balaban J connectivity index is 2.25. The summed E-state index contributed by atoms with van der Waals surface area (Å²) in [6, 6.07) is 6.19. The van der Waals surface area contributed by atoms with Crippen molar-refractivity contribution in [3.05, 3.63) is 40.8 Å². The lowest BCUT2D eigenvalue weighted by molar-refractivity contribution is -0.121. The number of carbonyl (C=O) groups excluding carboxylic acids is 1. The van der Waals surface area contributed by atoms with Crippen molar-refractivity contribution in [2.75, 3.05) is 6.54 Å². The first kappa shape index (κ1) is 16.2. The van der Waals surface area contributed by atoms with Crippen LogP contribution in [0.25, 0.3) is 16.9 Å². The van der Waals surface area contributed by atoms with Crippen molar-refractivity contribution < 1.29 is 4.79 Å². The lowest BCUT2D eigenvalue weighted by atomic mass is 10.1. The number of fused-ring (bicyclic) bond motifs is 1. The van der Waals surface area contributed by atoms with Crippen molar-refractivity contribution in [2.24, 2.45) is 0 Å². The Morgan fingerprint density at radius 3 is 2.46 bits per heavy atom. The van der Waals surface area contributed by atoms with Crippen LogP contribution in [0.3, 0.4) is 0 Å². The van der Waals surface area contributed by atoms with E-state index in [4.69, 9.17) is 5.10 Å². The molecule has 6 heteroatoms. The standard InChI is InChI=1S/C18H23N5O/c1-6-19-15(24)10-22-17-16(11(2)9-12(3)20-17)18(21-22)23-13(4)7-8-14(23)5/h7-9H,6,10H2,1-5H3,(H,19,24). The molecule has 3 heterocycles. The van der Waals surface area contributed by atoms with Gasteiger partial charge in [-0.15, -0.1) is 0 Å². The van der Waals surface area contributed by atoms with E-state index in [0.717, 1.165) is 39.5 Å². The zero-order valence-electron chi connectivity index (χ0n) is 14.8. The number of hydrogen-bond acceptors (Lipinski definition) is 3. The first-order valence-corrected chi connectivity index (χ1v) is 8.19. The van der Waals surface area contributed by atoms with Crippen LogP contribution in [0.2, 0.25) is 0 Å². The van der Waals surface area contributed by atoms with Crippen LogP contribution in [-0.2, 0) is 11.3 Å². The smallest absolute Gasteiger partial charge is 0.241 e. The number of rotatable bonds is 4. The zero-order chi connectivity index (χ0) is 17.4. The number of aromatic nitrogens is 4. The number of amides is 1. The molecule has 0 bridgehead atoms. The number of likely N-dealkylation sites (N-methyl/N-ethyl adjacent to an activating group) is 1. The molecular weight excluding hydrogens is 302 g/mol. The van der Waals surface area contributed by atoms with Gasteiger partial charge in [0.15, 0.2) is 11.5 Å². The number of aryl methyl sites for hydroxylation is 4. The molecule has 6 nitrogen and oxygen atoms in total. The molecule has 0 saturated carbocycles. The molecular formula is C18H23N5O. The van der Waals surface area contributed by atoms with Crippen molar-refractivity contribution in [3.63, 3.8) is 0 Å². The Morgan fingerprint density at radius 1 is 1.17 bits per heavy atom. The van der Waals surface area contributed by atoms with Gasteiger partial charge in [-0.05, 0) is 58.4 Å². The van der Waals surface area contributed by atoms with Gasteiger partial charge in [0.25, 0.3) is 0 Å². The van der Waals surface area contributed by atoms with Gasteiger partial charge in [-0.25, -0.2) is 9.67 Å². The molecule has 1 N–H and O–H groups in total. The van der Waals surface area contributed by atoms with E-state index >= 15 is 0 Å². The number of hydrogen-bond donors (Lipinski definition) is 1. The summed E-state index contributed by atoms with van der Waals surface area (Å²) < 4.78 is 3.81. The third-order valence-electron chi connectivity index (χ3n) is 4.16. The Kier molecular flexibility index (Phi) is 4.13. The Labute approximate surface area is 141 Å². The van der Waals surface area contributed by atoms with Gasteiger partial charge in [0.05, 0.1) is 5.39 Å². The SMILES string of the molecule is CCNC(=O)Cn1nc(-n2c(C)ccc2C)c2c(C)cc(C)nc21. The highest BCUT2D eigenvalue weighted by atomic mass is 16.2. The summed E-state index contributed by atoms with van der Waals surface area (Å²) >= 11 is 0. The maximum atomic E-state index is 12.0. The lowest BCUT2D eigenvalue weighted by Crippen LogP contribution is -2.27. The average molecular weight is 325 g/mol. The Bertz CT molecular complexity index is 900. The number of pyridine rings is 1. The van der Waals surface area contributed by atoms with E-state index in [2.05, 4.69) is 53.8 Å².